The molecule has 8 nitrogen and oxygen atoms in total. The zero-order valence-corrected chi connectivity index (χ0v) is 20.1. The molecule has 2 aromatic rings. The van der Waals surface area contributed by atoms with E-state index in [9.17, 15) is 27.2 Å². The number of likely N-dealkylation sites (tertiary alicyclic amines) is 1. The van der Waals surface area contributed by atoms with Crippen molar-refractivity contribution in [1.82, 2.24) is 25.2 Å². The zero-order valence-electron chi connectivity index (χ0n) is 19.4. The quantitative estimate of drug-likeness (QED) is 0.597. The zero-order chi connectivity index (χ0) is 26.1. The van der Waals surface area contributed by atoms with Crippen molar-refractivity contribution in [3.8, 4) is 11.3 Å². The van der Waals surface area contributed by atoms with Crippen LogP contribution in [0.4, 0.5) is 22.4 Å². The molecule has 1 N–H and O–H groups in total. The van der Waals surface area contributed by atoms with Crippen LogP contribution in [0.25, 0.3) is 11.3 Å². The summed E-state index contributed by atoms with van der Waals surface area (Å²) in [5.74, 6) is -1.88. The molecule has 1 aliphatic heterocycles. The third kappa shape index (κ3) is 6.36. The van der Waals surface area contributed by atoms with Crippen LogP contribution in [0.5, 0.6) is 0 Å². The van der Waals surface area contributed by atoms with E-state index >= 15 is 0 Å². The maximum absolute atomic E-state index is 14.4. The molecule has 0 aliphatic carbocycles. The van der Waals surface area contributed by atoms with Crippen LogP contribution in [-0.2, 0) is 22.3 Å². The summed E-state index contributed by atoms with van der Waals surface area (Å²) in [5.41, 5.74) is 0.0238. The highest BCUT2D eigenvalue weighted by Crippen LogP contribution is 2.30. The summed E-state index contributed by atoms with van der Waals surface area (Å²) in [6.07, 6.45) is -3.83. The van der Waals surface area contributed by atoms with E-state index in [0.717, 1.165) is 17.3 Å². The predicted octanol–water partition coefficient (Wildman–Crippen LogP) is 4.56. The monoisotopic (exact) mass is 517 g/mol. The van der Waals surface area contributed by atoms with E-state index < -0.39 is 47.9 Å². The Labute approximate surface area is 204 Å². The number of carbonyl (C=O) groups is 2. The molecular formula is C22H24ClF4N5O3. The average Bonchev–Trinajstić information content (AvgIpc) is 3.06. The van der Waals surface area contributed by atoms with Crippen LogP contribution in [0.3, 0.4) is 0 Å². The lowest BCUT2D eigenvalue weighted by Gasteiger charge is -2.30. The average molecular weight is 518 g/mol. The second-order valence-corrected chi connectivity index (χ2v) is 9.47. The molecule has 3 heterocycles. The number of carbonyl (C=O) groups excluding carboxylic acids is 2. The lowest BCUT2D eigenvalue weighted by Crippen LogP contribution is -2.50. The van der Waals surface area contributed by atoms with Crippen LogP contribution in [0.2, 0.25) is 5.02 Å². The molecule has 35 heavy (non-hydrogen) atoms. The van der Waals surface area contributed by atoms with Crippen molar-refractivity contribution < 1.29 is 31.9 Å². The Kier molecular flexibility index (Phi) is 7.53. The number of pyridine rings is 1. The summed E-state index contributed by atoms with van der Waals surface area (Å²) in [5, 5.41) is 2.82. The number of nitrogens with zero attached hydrogens (tertiary/aromatic N) is 4. The number of halogens is 5. The molecule has 0 bridgehead atoms. The minimum absolute atomic E-state index is 0.0985. The molecule has 2 aromatic heterocycles. The topological polar surface area (TPSA) is 97.3 Å². The molecule has 2 amide bonds. The maximum Gasteiger partial charge on any atom is 0.451 e. The highest BCUT2D eigenvalue weighted by molar-refractivity contribution is 6.31. The molecule has 0 unspecified atom stereocenters. The Bertz CT molecular complexity index is 1090. The summed E-state index contributed by atoms with van der Waals surface area (Å²) in [7, 11) is 0. The third-order valence-corrected chi connectivity index (χ3v) is 5.58. The van der Waals surface area contributed by atoms with E-state index in [4.69, 9.17) is 16.3 Å². The largest absolute Gasteiger partial charge is 0.451 e. The van der Waals surface area contributed by atoms with Crippen molar-refractivity contribution in [2.45, 2.75) is 70.7 Å². The highest BCUT2D eigenvalue weighted by Gasteiger charge is 2.46. The van der Waals surface area contributed by atoms with Crippen LogP contribution in [0.1, 0.15) is 45.5 Å². The molecule has 13 heteroatoms. The van der Waals surface area contributed by atoms with Crippen LogP contribution < -0.4 is 5.32 Å². The standard InChI is InChI=1S/C22H24ClF4N5O3/c1-11-15(24)6-17(32(11)20(34)35-21(2,3)4)18(33)29-7-12-5-16(28-10-14(12)23)13-8-30-19(31-9-13)22(25,26)27/h5,8-11,15,17H,6-7H2,1-4H3,(H,29,33)/t11-,15+,17-/m0/s1. The number of alkyl halides is 4. The van der Waals surface area contributed by atoms with Crippen molar-refractivity contribution in [1.29, 1.82) is 0 Å². The molecule has 0 radical (unpaired) electrons. The number of hydrogen-bond acceptors (Lipinski definition) is 6. The van der Waals surface area contributed by atoms with E-state index in [1.54, 1.807) is 20.8 Å². The van der Waals surface area contributed by atoms with Crippen molar-refractivity contribution >= 4 is 23.6 Å². The number of aromatic nitrogens is 3. The van der Waals surface area contributed by atoms with Crippen LogP contribution >= 0.6 is 11.6 Å². The summed E-state index contributed by atoms with van der Waals surface area (Å²) < 4.78 is 57.8. The second kappa shape index (κ2) is 9.92. The predicted molar refractivity (Wildman–Crippen MR) is 118 cm³/mol. The van der Waals surface area contributed by atoms with Gasteiger partial charge in [0.1, 0.15) is 17.8 Å². The first-order chi connectivity index (χ1) is 16.2. The van der Waals surface area contributed by atoms with Crippen LogP contribution in [0.15, 0.2) is 24.7 Å². The van der Waals surface area contributed by atoms with Crippen molar-refractivity contribution in [2.75, 3.05) is 0 Å². The molecule has 1 aliphatic rings. The van der Waals surface area contributed by atoms with Gasteiger partial charge >= 0.3 is 12.3 Å². The van der Waals surface area contributed by atoms with E-state index in [0.29, 0.717) is 5.56 Å². The molecule has 0 aromatic carbocycles. The first-order valence-corrected chi connectivity index (χ1v) is 11.0. The Morgan fingerprint density at radius 3 is 2.37 bits per heavy atom. The molecule has 1 fully saturated rings. The smallest absolute Gasteiger partial charge is 0.444 e. The molecule has 190 valence electrons. The van der Waals surface area contributed by atoms with Gasteiger partial charge in [-0.25, -0.2) is 19.2 Å². The van der Waals surface area contributed by atoms with Gasteiger partial charge in [0.05, 0.1) is 16.8 Å². The number of amides is 2. The van der Waals surface area contributed by atoms with Gasteiger partial charge in [0.2, 0.25) is 11.7 Å². The Hall–Kier alpha value is -3.02. The maximum atomic E-state index is 14.4. The lowest BCUT2D eigenvalue weighted by molar-refractivity contribution is -0.145. The normalized spacial score (nSPS) is 20.6. The summed E-state index contributed by atoms with van der Waals surface area (Å²) in [6, 6.07) is -0.468. The molecule has 0 saturated carbocycles. The van der Waals surface area contributed by atoms with Crippen molar-refractivity contribution in [2.24, 2.45) is 0 Å². The molecule has 0 spiro atoms. The molecule has 3 rings (SSSR count). The van der Waals surface area contributed by atoms with Gasteiger partial charge in [-0.3, -0.25) is 14.7 Å². The van der Waals surface area contributed by atoms with E-state index in [1.807, 2.05) is 0 Å². The van der Waals surface area contributed by atoms with Gasteiger partial charge < -0.3 is 10.1 Å². The second-order valence-electron chi connectivity index (χ2n) is 9.07. The van der Waals surface area contributed by atoms with E-state index in [2.05, 4.69) is 20.3 Å². The summed E-state index contributed by atoms with van der Waals surface area (Å²) in [4.78, 5) is 37.2. The Morgan fingerprint density at radius 1 is 1.17 bits per heavy atom. The van der Waals surface area contributed by atoms with Crippen LogP contribution in [-0.4, -0.2) is 55.7 Å². The molecule has 1 saturated heterocycles. The van der Waals surface area contributed by atoms with Gasteiger partial charge in [-0.1, -0.05) is 11.6 Å². The minimum Gasteiger partial charge on any atom is -0.444 e. The van der Waals surface area contributed by atoms with E-state index in [-0.39, 0.29) is 29.2 Å². The number of nitrogens with one attached hydrogen (secondary N) is 1. The van der Waals surface area contributed by atoms with Gasteiger partial charge in [0.25, 0.3) is 0 Å². The fraction of sp³-hybridized carbons (Fsp3) is 0.500. The van der Waals surface area contributed by atoms with Crippen LogP contribution in [0, 0.1) is 0 Å². The first kappa shape index (κ1) is 26.6. The third-order valence-electron chi connectivity index (χ3n) is 5.24. The highest BCUT2D eigenvalue weighted by atomic mass is 35.5. The minimum atomic E-state index is -4.68. The Morgan fingerprint density at radius 2 is 1.80 bits per heavy atom. The van der Waals surface area contributed by atoms with Gasteiger partial charge in [-0.05, 0) is 39.3 Å². The fourth-order valence-corrected chi connectivity index (χ4v) is 3.67. The van der Waals surface area contributed by atoms with E-state index in [1.165, 1.54) is 19.2 Å². The lowest BCUT2D eigenvalue weighted by atomic mass is 10.1. The Balaban J connectivity index is 1.74. The first-order valence-electron chi connectivity index (χ1n) is 10.6. The summed E-state index contributed by atoms with van der Waals surface area (Å²) in [6.45, 7) is 6.40. The van der Waals surface area contributed by atoms with Gasteiger partial charge in [0.15, 0.2) is 0 Å². The fourth-order valence-electron chi connectivity index (χ4n) is 3.50. The van der Waals surface area contributed by atoms with Crippen molar-refractivity contribution in [3.63, 3.8) is 0 Å². The van der Waals surface area contributed by atoms with Gasteiger partial charge in [0, 0.05) is 37.1 Å². The molecule has 3 atom stereocenters. The van der Waals surface area contributed by atoms with Gasteiger partial charge in [-0.15, -0.1) is 0 Å². The number of ether oxygens (including phenoxy) is 1. The van der Waals surface area contributed by atoms with Crippen molar-refractivity contribution in [3.05, 3.63) is 41.1 Å². The summed E-state index contributed by atoms with van der Waals surface area (Å²) >= 11 is 6.17. The van der Waals surface area contributed by atoms with Gasteiger partial charge in [-0.2, -0.15) is 13.2 Å². The number of hydrogen-bond donors (Lipinski definition) is 1. The number of rotatable bonds is 4. The SMILES string of the molecule is C[C@H]1[C@H](F)C[C@@H](C(=O)NCc2cc(-c3cnc(C(F)(F)F)nc3)ncc2Cl)N1C(=O)OC(C)(C)C. The molecular weight excluding hydrogens is 494 g/mol.